The number of aliphatic hydroxyl groups is 5. The minimum Gasteiger partial charge on any atom is -0.458 e. The van der Waals surface area contributed by atoms with Gasteiger partial charge < -0.3 is 39.7 Å². The highest BCUT2D eigenvalue weighted by molar-refractivity contribution is 5.91. The quantitative estimate of drug-likeness (QED) is 0.216. The van der Waals surface area contributed by atoms with Crippen molar-refractivity contribution in [2.24, 2.45) is 53.3 Å². The Morgan fingerprint density at radius 3 is 2.11 bits per heavy atom. The Balaban J connectivity index is 1.99. The first-order valence-corrected chi connectivity index (χ1v) is 21.2. The Hall–Kier alpha value is -2.25. The maximum absolute atomic E-state index is 13.5. The molecule has 0 aliphatic carbocycles. The summed E-state index contributed by atoms with van der Waals surface area (Å²) >= 11 is 0. The minimum atomic E-state index is -2.18. The molecule has 320 valence electrons. The van der Waals surface area contributed by atoms with Crippen molar-refractivity contribution in [3.8, 4) is 0 Å². The van der Waals surface area contributed by atoms with Gasteiger partial charge >= 0.3 is 5.97 Å². The Morgan fingerprint density at radius 1 is 0.839 bits per heavy atom. The SMILES string of the molecule is CC[C@H]1/C=C/C=C/C[C@@H](C)[C@@H](O)[C@](C)(O)C(=O)[C@@H](C)[C@@H](O)[C@@H](C)C(=O)[C@@H](C)[C@@H](O)[C@@H](C)/C=C/C(=O)O[C@H]2[C@@H](C)[C@@H](CC1)O[C@]1(CC[C@H](C)[C@@H](C[C@@H](C)O)O1)[C@H]2C. The maximum Gasteiger partial charge on any atom is 0.330 e. The standard InChI is InChI=1S/C45H74O11/c1-12-34-17-15-13-14-16-27(4)42(51)44(11,53)43(52)32(9)40(50)31(8)39(49)30(7)38(48)26(3)18-21-37(47)54-41-29(6)35(20-19-34)55-45(33(41)10)23-22-25(2)36(56-45)24-28(5)46/h13-15,17-18,21,25-36,38,40-42,46,48,50-51,53H,12,16,19-20,22-24H2,1-11H3/b14-13+,17-15+,21-18+/t25-,26-,27+,28+,29-,30-,31-,32-,33-,34-,35+,36+,38-,40-,41-,42+,44-,45-/m0/s1. The Labute approximate surface area is 336 Å². The molecule has 11 heteroatoms. The number of carbonyl (C=O) groups is 3. The van der Waals surface area contributed by atoms with Gasteiger partial charge in [-0.3, -0.25) is 9.59 Å². The summed E-state index contributed by atoms with van der Waals surface area (Å²) in [4.78, 5) is 40.5. The van der Waals surface area contributed by atoms with Crippen LogP contribution in [0.25, 0.3) is 0 Å². The molecule has 3 aliphatic rings. The number of rotatable bonds is 3. The first-order chi connectivity index (χ1) is 26.1. The van der Waals surface area contributed by atoms with Crippen molar-refractivity contribution in [3.63, 3.8) is 0 Å². The van der Waals surface area contributed by atoms with Gasteiger partial charge in [-0.05, 0) is 70.1 Å². The largest absolute Gasteiger partial charge is 0.458 e. The number of fused-ring (bicyclic) bond motifs is 2. The van der Waals surface area contributed by atoms with Crippen LogP contribution in [0, 0.1) is 53.3 Å². The third-order valence-electron chi connectivity index (χ3n) is 13.4. The van der Waals surface area contributed by atoms with Crippen molar-refractivity contribution in [1.82, 2.24) is 0 Å². The van der Waals surface area contributed by atoms with Gasteiger partial charge in [-0.2, -0.15) is 0 Å². The normalized spacial score (nSPS) is 46.8. The van der Waals surface area contributed by atoms with Crippen LogP contribution in [0.2, 0.25) is 0 Å². The molecule has 0 aromatic rings. The second-order valence-electron chi connectivity index (χ2n) is 18.0. The minimum absolute atomic E-state index is 0.168. The molecule has 11 nitrogen and oxygen atoms in total. The van der Waals surface area contributed by atoms with E-state index >= 15 is 0 Å². The molecule has 3 aliphatic heterocycles. The number of aliphatic hydroxyl groups excluding tert-OH is 4. The predicted octanol–water partition coefficient (Wildman–Crippen LogP) is 5.88. The van der Waals surface area contributed by atoms with Gasteiger partial charge in [-0.25, -0.2) is 4.79 Å². The lowest BCUT2D eigenvalue weighted by Gasteiger charge is -2.55. The third kappa shape index (κ3) is 11.5. The molecular weight excluding hydrogens is 716 g/mol. The average Bonchev–Trinajstić information content (AvgIpc) is 3.16. The maximum atomic E-state index is 13.5. The molecule has 2 bridgehead atoms. The van der Waals surface area contributed by atoms with E-state index < -0.39 is 89.0 Å². The topological polar surface area (TPSA) is 180 Å². The summed E-state index contributed by atoms with van der Waals surface area (Å²) < 4.78 is 20.0. The molecular formula is C45H74O11. The fourth-order valence-corrected chi connectivity index (χ4v) is 9.01. The number of Topliss-reactive ketones (excluding diaryl/α,β-unsaturated/α-hetero) is 2. The number of ketones is 2. The lowest BCUT2D eigenvalue weighted by atomic mass is 9.74. The molecule has 2 saturated heterocycles. The third-order valence-corrected chi connectivity index (χ3v) is 13.4. The highest BCUT2D eigenvalue weighted by Crippen LogP contribution is 2.49. The Morgan fingerprint density at radius 2 is 1.48 bits per heavy atom. The highest BCUT2D eigenvalue weighted by Gasteiger charge is 2.56. The van der Waals surface area contributed by atoms with Gasteiger partial charge in [0.05, 0.1) is 36.6 Å². The molecule has 0 amide bonds. The van der Waals surface area contributed by atoms with Crippen LogP contribution in [-0.4, -0.2) is 97.2 Å². The Bertz CT molecular complexity index is 1390. The van der Waals surface area contributed by atoms with E-state index in [9.17, 15) is 39.9 Å². The summed E-state index contributed by atoms with van der Waals surface area (Å²) in [5, 5.41) is 55.0. The second-order valence-corrected chi connectivity index (χ2v) is 18.0. The van der Waals surface area contributed by atoms with Crippen molar-refractivity contribution < 1.29 is 54.1 Å². The second kappa shape index (κ2) is 20.6. The smallest absolute Gasteiger partial charge is 0.330 e. The zero-order valence-electron chi connectivity index (χ0n) is 35.8. The fourth-order valence-electron chi connectivity index (χ4n) is 9.01. The molecule has 2 fully saturated rings. The van der Waals surface area contributed by atoms with Crippen molar-refractivity contribution in [2.75, 3.05) is 0 Å². The van der Waals surface area contributed by atoms with Gasteiger partial charge in [0.2, 0.25) is 0 Å². The lowest BCUT2D eigenvalue weighted by Crippen LogP contribution is -2.62. The van der Waals surface area contributed by atoms with Crippen LogP contribution in [0.4, 0.5) is 0 Å². The molecule has 56 heavy (non-hydrogen) atoms. The molecule has 5 N–H and O–H groups in total. The first kappa shape index (κ1) is 48.1. The van der Waals surface area contributed by atoms with Crippen molar-refractivity contribution in [3.05, 3.63) is 36.5 Å². The lowest BCUT2D eigenvalue weighted by molar-refractivity contribution is -0.371. The summed E-state index contributed by atoms with van der Waals surface area (Å²) in [7, 11) is 0. The van der Waals surface area contributed by atoms with E-state index in [4.69, 9.17) is 14.2 Å². The van der Waals surface area contributed by atoms with Crippen LogP contribution in [0.15, 0.2) is 36.5 Å². The molecule has 3 heterocycles. The number of hydrogen-bond acceptors (Lipinski definition) is 11. The number of esters is 1. The molecule has 0 unspecified atom stereocenters. The van der Waals surface area contributed by atoms with E-state index in [0.717, 1.165) is 19.3 Å². The van der Waals surface area contributed by atoms with Crippen LogP contribution >= 0.6 is 0 Å². The fraction of sp³-hybridized carbons (Fsp3) is 0.800. The van der Waals surface area contributed by atoms with E-state index in [1.165, 1.54) is 39.8 Å². The van der Waals surface area contributed by atoms with Crippen molar-refractivity contribution >= 4 is 17.5 Å². The van der Waals surface area contributed by atoms with Crippen LogP contribution < -0.4 is 0 Å². The molecule has 0 aromatic carbocycles. The molecule has 0 radical (unpaired) electrons. The van der Waals surface area contributed by atoms with Gasteiger partial charge in [0.25, 0.3) is 0 Å². The number of hydrogen-bond donors (Lipinski definition) is 5. The van der Waals surface area contributed by atoms with E-state index in [0.29, 0.717) is 25.7 Å². The summed E-state index contributed by atoms with van der Waals surface area (Å²) in [6.07, 6.45) is 9.62. The van der Waals surface area contributed by atoms with E-state index in [-0.39, 0.29) is 35.9 Å². The predicted molar refractivity (Wildman–Crippen MR) is 215 cm³/mol. The molecule has 0 aromatic heterocycles. The summed E-state index contributed by atoms with van der Waals surface area (Å²) in [6, 6.07) is 0. The number of ether oxygens (including phenoxy) is 3. The molecule has 18 atom stereocenters. The van der Waals surface area contributed by atoms with Gasteiger partial charge in [-0.1, -0.05) is 92.7 Å². The summed E-state index contributed by atoms with van der Waals surface area (Å²) in [5.41, 5.74) is -2.18. The van der Waals surface area contributed by atoms with E-state index in [1.54, 1.807) is 20.8 Å². The Kier molecular flexibility index (Phi) is 17.7. The van der Waals surface area contributed by atoms with Gasteiger partial charge in [-0.15, -0.1) is 0 Å². The van der Waals surface area contributed by atoms with Gasteiger partial charge in [0.15, 0.2) is 11.6 Å². The summed E-state index contributed by atoms with van der Waals surface area (Å²) in [5.74, 6) is -7.28. The molecule has 0 saturated carbocycles. The van der Waals surface area contributed by atoms with Crippen molar-refractivity contribution in [2.45, 2.75) is 175 Å². The van der Waals surface area contributed by atoms with E-state index in [1.807, 2.05) is 32.1 Å². The highest BCUT2D eigenvalue weighted by atomic mass is 16.7. The number of allylic oxidation sites excluding steroid dienone is 4. The van der Waals surface area contributed by atoms with Gasteiger partial charge in [0, 0.05) is 48.0 Å². The van der Waals surface area contributed by atoms with Crippen LogP contribution in [0.1, 0.15) is 121 Å². The van der Waals surface area contributed by atoms with Crippen LogP contribution in [0.5, 0.6) is 0 Å². The van der Waals surface area contributed by atoms with Crippen LogP contribution in [0.3, 0.4) is 0 Å². The van der Waals surface area contributed by atoms with Gasteiger partial charge in [0.1, 0.15) is 17.5 Å². The number of carbonyl (C=O) groups excluding carboxylic acids is 3. The van der Waals surface area contributed by atoms with Crippen LogP contribution in [-0.2, 0) is 28.6 Å². The van der Waals surface area contributed by atoms with E-state index in [2.05, 4.69) is 19.9 Å². The average molecular weight is 791 g/mol. The van der Waals surface area contributed by atoms with Crippen molar-refractivity contribution in [1.29, 1.82) is 0 Å². The first-order valence-electron chi connectivity index (χ1n) is 21.2. The zero-order valence-corrected chi connectivity index (χ0v) is 35.8. The molecule has 1 spiro atoms. The zero-order chi connectivity index (χ0) is 42.3. The monoisotopic (exact) mass is 791 g/mol. The summed E-state index contributed by atoms with van der Waals surface area (Å²) in [6.45, 7) is 19.1. The molecule has 3 rings (SSSR count).